The van der Waals surface area contributed by atoms with Crippen LogP contribution in [0, 0.1) is 5.41 Å². The third-order valence-corrected chi connectivity index (χ3v) is 9.64. The Morgan fingerprint density at radius 2 is 1.64 bits per heavy atom. The first kappa shape index (κ1) is 21.5. The summed E-state index contributed by atoms with van der Waals surface area (Å²) in [5.74, 6) is 1.04. The molecule has 168 valence electrons. The highest BCUT2D eigenvalue weighted by Gasteiger charge is 2.53. The van der Waals surface area contributed by atoms with Gasteiger partial charge in [0, 0.05) is 38.3 Å². The Hall–Kier alpha value is -2.04. The number of carbonyl (C=O) groups excluding carboxylic acids is 1. The Kier molecular flexibility index (Phi) is 5.42. The molecule has 3 aromatic carbocycles. The van der Waals surface area contributed by atoms with Gasteiger partial charge in [0.25, 0.3) is 5.91 Å². The van der Waals surface area contributed by atoms with Gasteiger partial charge in [-0.25, -0.2) is 0 Å². The van der Waals surface area contributed by atoms with E-state index in [1.165, 1.54) is 49.7 Å². The molecule has 1 aliphatic heterocycles. The molecule has 1 amide bonds. The quantitative estimate of drug-likeness (QED) is 0.326. The maximum atomic E-state index is 13.8. The largest absolute Gasteiger partial charge is 0.307 e. The van der Waals surface area contributed by atoms with Crippen molar-refractivity contribution < 1.29 is 4.79 Å². The van der Waals surface area contributed by atoms with E-state index in [2.05, 4.69) is 75.4 Å². The van der Waals surface area contributed by atoms with E-state index in [-0.39, 0.29) is 11.3 Å². The minimum absolute atomic E-state index is 0.113. The van der Waals surface area contributed by atoms with Gasteiger partial charge in [-0.3, -0.25) is 4.79 Å². The summed E-state index contributed by atoms with van der Waals surface area (Å²) in [4.78, 5) is 17.0. The Labute approximate surface area is 208 Å². The van der Waals surface area contributed by atoms with E-state index in [0.29, 0.717) is 5.41 Å². The number of halogens is 1. The maximum Gasteiger partial charge on any atom is 0.258 e. The fraction of sp³-hybridized carbons (Fsp3) is 0.345. The van der Waals surface area contributed by atoms with Crippen LogP contribution in [0.2, 0.25) is 0 Å². The summed E-state index contributed by atoms with van der Waals surface area (Å²) >= 11 is 5.48. The average molecular weight is 519 g/mol. The van der Waals surface area contributed by atoms with Crippen LogP contribution in [0.5, 0.6) is 0 Å². The number of amides is 1. The summed E-state index contributed by atoms with van der Waals surface area (Å²) in [6.45, 7) is 0.815. The van der Waals surface area contributed by atoms with Crippen molar-refractivity contribution in [1.82, 2.24) is 0 Å². The van der Waals surface area contributed by atoms with Crippen molar-refractivity contribution in [3.63, 3.8) is 0 Å². The predicted molar refractivity (Wildman–Crippen MR) is 140 cm³/mol. The number of hydrogen-bond acceptors (Lipinski definition) is 2. The van der Waals surface area contributed by atoms with Gasteiger partial charge in [-0.15, -0.1) is 11.8 Å². The normalized spacial score (nSPS) is 19.6. The van der Waals surface area contributed by atoms with Gasteiger partial charge < -0.3 is 4.90 Å². The average Bonchev–Trinajstić information content (AvgIpc) is 3.55. The summed E-state index contributed by atoms with van der Waals surface area (Å²) in [6, 6.07) is 25.2. The molecule has 2 fully saturated rings. The van der Waals surface area contributed by atoms with E-state index in [4.69, 9.17) is 0 Å². The van der Waals surface area contributed by atoms with E-state index in [0.717, 1.165) is 32.9 Å². The van der Waals surface area contributed by atoms with Crippen molar-refractivity contribution in [2.24, 2.45) is 5.41 Å². The molecule has 0 bridgehead atoms. The molecule has 2 nitrogen and oxygen atoms in total. The van der Waals surface area contributed by atoms with Gasteiger partial charge in [-0.1, -0.05) is 52.3 Å². The molecular formula is C29H28BrNOS. The van der Waals surface area contributed by atoms with Gasteiger partial charge in [0.1, 0.15) is 0 Å². The van der Waals surface area contributed by atoms with Gasteiger partial charge in [0.2, 0.25) is 0 Å². The molecule has 2 saturated carbocycles. The molecule has 0 aromatic heterocycles. The van der Waals surface area contributed by atoms with E-state index in [1.54, 1.807) is 11.8 Å². The molecule has 2 aliphatic carbocycles. The number of benzene rings is 3. The molecule has 0 atom stereocenters. The topological polar surface area (TPSA) is 20.3 Å². The highest BCUT2D eigenvalue weighted by Crippen LogP contribution is 2.62. The lowest BCUT2D eigenvalue weighted by molar-refractivity contribution is 0.0980. The first-order valence-electron chi connectivity index (χ1n) is 11.9. The monoisotopic (exact) mass is 517 g/mol. The number of nitrogens with zero attached hydrogens (tertiary/aromatic N) is 1. The number of rotatable bonds is 4. The predicted octanol–water partition coefficient (Wildman–Crippen LogP) is 7.99. The van der Waals surface area contributed by atoms with Crippen LogP contribution in [0.4, 0.5) is 5.69 Å². The number of anilines is 1. The van der Waals surface area contributed by atoms with Crippen molar-refractivity contribution in [1.29, 1.82) is 0 Å². The van der Waals surface area contributed by atoms with Crippen molar-refractivity contribution in [2.75, 3.05) is 11.4 Å². The lowest BCUT2D eigenvalue weighted by Crippen LogP contribution is -2.39. The standard InChI is InChI=1S/C29H28BrNOS/c30-23-9-10-26-25(18-23)29(15-13-28(11-12-28)14-16-29)20-31(26)27(32)22-7-4-8-24(17-22)33-19-21-5-2-1-3-6-21/h1-10,17-18H,11-16,19-20H2. The molecule has 3 aliphatic rings. The lowest BCUT2D eigenvalue weighted by atomic mass is 9.66. The fourth-order valence-electron chi connectivity index (χ4n) is 5.80. The molecule has 0 unspecified atom stereocenters. The van der Waals surface area contributed by atoms with Crippen LogP contribution in [0.25, 0.3) is 0 Å². The van der Waals surface area contributed by atoms with Crippen molar-refractivity contribution in [3.8, 4) is 0 Å². The second-order valence-corrected chi connectivity index (χ2v) is 12.1. The van der Waals surface area contributed by atoms with Crippen LogP contribution in [-0.4, -0.2) is 12.5 Å². The number of fused-ring (bicyclic) bond motifs is 2. The zero-order valence-electron chi connectivity index (χ0n) is 18.7. The molecule has 0 N–H and O–H groups in total. The summed E-state index contributed by atoms with van der Waals surface area (Å²) < 4.78 is 1.11. The Balaban J connectivity index is 1.25. The molecule has 33 heavy (non-hydrogen) atoms. The van der Waals surface area contributed by atoms with Gasteiger partial charge in [0.15, 0.2) is 0 Å². The number of hydrogen-bond donors (Lipinski definition) is 0. The Morgan fingerprint density at radius 3 is 2.39 bits per heavy atom. The van der Waals surface area contributed by atoms with Crippen LogP contribution in [0.15, 0.2) is 82.2 Å². The summed E-state index contributed by atoms with van der Waals surface area (Å²) in [5, 5.41) is 0. The third kappa shape index (κ3) is 4.06. The van der Waals surface area contributed by atoms with E-state index in [9.17, 15) is 4.79 Å². The minimum atomic E-state index is 0.113. The smallest absolute Gasteiger partial charge is 0.258 e. The molecule has 0 radical (unpaired) electrons. The van der Waals surface area contributed by atoms with E-state index in [1.807, 2.05) is 18.2 Å². The zero-order chi connectivity index (χ0) is 22.5. The first-order valence-corrected chi connectivity index (χ1v) is 13.7. The first-order chi connectivity index (χ1) is 16.1. The van der Waals surface area contributed by atoms with Gasteiger partial charge in [-0.05, 0) is 91.5 Å². The van der Waals surface area contributed by atoms with Crippen LogP contribution >= 0.6 is 27.7 Å². The zero-order valence-corrected chi connectivity index (χ0v) is 21.1. The van der Waals surface area contributed by atoms with E-state index >= 15 is 0 Å². The van der Waals surface area contributed by atoms with Crippen LogP contribution in [-0.2, 0) is 11.2 Å². The molecular weight excluding hydrogens is 490 g/mol. The Morgan fingerprint density at radius 1 is 0.879 bits per heavy atom. The lowest BCUT2D eigenvalue weighted by Gasteiger charge is -2.38. The van der Waals surface area contributed by atoms with Crippen molar-refractivity contribution in [2.45, 2.75) is 54.6 Å². The van der Waals surface area contributed by atoms with Crippen LogP contribution in [0.3, 0.4) is 0 Å². The van der Waals surface area contributed by atoms with Crippen molar-refractivity contribution >= 4 is 39.3 Å². The van der Waals surface area contributed by atoms with Crippen LogP contribution < -0.4 is 4.90 Å². The third-order valence-electron chi connectivity index (χ3n) is 8.08. The molecule has 3 aromatic rings. The molecule has 4 heteroatoms. The van der Waals surface area contributed by atoms with Crippen LogP contribution in [0.1, 0.15) is 60.0 Å². The number of thioether (sulfide) groups is 1. The minimum Gasteiger partial charge on any atom is -0.307 e. The van der Waals surface area contributed by atoms with E-state index < -0.39 is 0 Å². The summed E-state index contributed by atoms with van der Waals surface area (Å²) in [7, 11) is 0. The second-order valence-electron chi connectivity index (χ2n) is 10.1. The summed E-state index contributed by atoms with van der Waals surface area (Å²) in [5.41, 5.74) is 5.31. The van der Waals surface area contributed by atoms with Gasteiger partial charge in [0.05, 0.1) is 0 Å². The Bertz CT molecular complexity index is 1190. The fourth-order valence-corrected chi connectivity index (χ4v) is 7.07. The van der Waals surface area contributed by atoms with Crippen molar-refractivity contribution in [3.05, 3.63) is 94.0 Å². The highest BCUT2D eigenvalue weighted by molar-refractivity contribution is 9.10. The maximum absolute atomic E-state index is 13.8. The second kappa shape index (κ2) is 8.32. The molecule has 6 rings (SSSR count). The molecule has 0 saturated heterocycles. The SMILES string of the molecule is O=C(c1cccc(SCc2ccccc2)c1)N1CC2(CCC3(CC3)CC2)c2cc(Br)ccc21. The van der Waals surface area contributed by atoms with Gasteiger partial charge >= 0.3 is 0 Å². The summed E-state index contributed by atoms with van der Waals surface area (Å²) in [6.07, 6.45) is 7.84. The molecule has 1 heterocycles. The van der Waals surface area contributed by atoms with Gasteiger partial charge in [-0.2, -0.15) is 0 Å². The molecule has 2 spiro atoms. The highest BCUT2D eigenvalue weighted by atomic mass is 79.9. The number of carbonyl (C=O) groups is 1.